The van der Waals surface area contributed by atoms with Gasteiger partial charge in [-0.15, -0.1) is 5.10 Å². The van der Waals surface area contributed by atoms with Crippen molar-refractivity contribution in [1.82, 2.24) is 19.6 Å². The molecule has 0 spiro atoms. The Bertz CT molecular complexity index is 581. The molecule has 0 atom stereocenters. The molecule has 78 valence electrons. The van der Waals surface area contributed by atoms with Crippen molar-refractivity contribution in [3.8, 4) is 0 Å². The number of rotatable bonds is 0. The number of H-pyrrole nitrogens is 1. The molecular formula is C10H12N4O. The van der Waals surface area contributed by atoms with Crippen LogP contribution >= 0.6 is 0 Å². The Morgan fingerprint density at radius 3 is 3.00 bits per heavy atom. The molecule has 0 amide bonds. The van der Waals surface area contributed by atoms with E-state index >= 15 is 0 Å². The van der Waals surface area contributed by atoms with E-state index in [-0.39, 0.29) is 5.69 Å². The highest BCUT2D eigenvalue weighted by Crippen LogP contribution is 2.22. The normalized spacial score (nSPS) is 15.5. The van der Waals surface area contributed by atoms with Crippen molar-refractivity contribution in [3.63, 3.8) is 0 Å². The number of fused-ring (bicyclic) bond motifs is 3. The Morgan fingerprint density at radius 2 is 2.13 bits per heavy atom. The summed E-state index contributed by atoms with van der Waals surface area (Å²) in [6.07, 6.45) is 4.31. The van der Waals surface area contributed by atoms with Gasteiger partial charge in [-0.1, -0.05) is 0 Å². The van der Waals surface area contributed by atoms with Gasteiger partial charge in [0.05, 0.1) is 0 Å². The van der Waals surface area contributed by atoms with Gasteiger partial charge in [0.25, 0.3) is 5.78 Å². The van der Waals surface area contributed by atoms with Gasteiger partial charge in [0.2, 0.25) is 0 Å². The minimum atomic E-state index is -0.171. The molecule has 0 aromatic carbocycles. The van der Waals surface area contributed by atoms with Crippen LogP contribution in [0.3, 0.4) is 0 Å². The number of nitrogens with one attached hydrogen (secondary N) is 1. The average Bonchev–Trinajstić information content (AvgIpc) is 2.61. The van der Waals surface area contributed by atoms with Gasteiger partial charge < -0.3 is 0 Å². The van der Waals surface area contributed by atoms with E-state index in [0.29, 0.717) is 5.78 Å². The summed E-state index contributed by atoms with van der Waals surface area (Å²) in [5.74, 6) is 0.498. The number of nitrogens with zero attached hydrogens (tertiary/aromatic N) is 3. The van der Waals surface area contributed by atoms with E-state index in [1.165, 1.54) is 12.0 Å². The van der Waals surface area contributed by atoms with Crippen LogP contribution in [0.2, 0.25) is 0 Å². The molecule has 0 bridgehead atoms. The quantitative estimate of drug-likeness (QED) is 0.683. The van der Waals surface area contributed by atoms with Gasteiger partial charge in [-0.25, -0.2) is 19.3 Å². The fourth-order valence-corrected chi connectivity index (χ4v) is 2.35. The van der Waals surface area contributed by atoms with Gasteiger partial charge in [0, 0.05) is 11.4 Å². The molecule has 0 fully saturated rings. The van der Waals surface area contributed by atoms with Crippen LogP contribution in [-0.2, 0) is 12.8 Å². The highest BCUT2D eigenvalue weighted by Gasteiger charge is 2.18. The minimum absolute atomic E-state index is 0.171. The van der Waals surface area contributed by atoms with Crippen LogP contribution in [0, 0.1) is 6.92 Å². The molecule has 0 aliphatic heterocycles. The molecule has 2 aromatic rings. The average molecular weight is 204 g/mol. The highest BCUT2D eigenvalue weighted by molar-refractivity contribution is 5.38. The summed E-state index contributed by atoms with van der Waals surface area (Å²) in [5.41, 5.74) is 3.17. The number of aryl methyl sites for hydroxylation is 2. The molecule has 3 rings (SSSR count). The van der Waals surface area contributed by atoms with Gasteiger partial charge in [0.15, 0.2) is 0 Å². The first kappa shape index (κ1) is 8.64. The summed E-state index contributed by atoms with van der Waals surface area (Å²) < 4.78 is 1.61. The summed E-state index contributed by atoms with van der Waals surface area (Å²) >= 11 is 0. The monoisotopic (exact) mass is 204 g/mol. The molecule has 15 heavy (non-hydrogen) atoms. The van der Waals surface area contributed by atoms with E-state index in [0.717, 1.165) is 30.7 Å². The predicted octanol–water partition coefficient (Wildman–Crippen LogP) is 0.605. The van der Waals surface area contributed by atoms with Gasteiger partial charge in [0.1, 0.15) is 0 Å². The minimum Gasteiger partial charge on any atom is -0.246 e. The topological polar surface area (TPSA) is 63.0 Å². The summed E-state index contributed by atoms with van der Waals surface area (Å²) in [5, 5.41) is 6.35. The SMILES string of the molecule is Cc1nc2n[nH]c(=O)n2c2c1CCCC2. The third-order valence-electron chi connectivity index (χ3n) is 3.07. The number of aromatic amines is 1. The van der Waals surface area contributed by atoms with E-state index < -0.39 is 0 Å². The largest absolute Gasteiger partial charge is 0.349 e. The van der Waals surface area contributed by atoms with E-state index in [9.17, 15) is 4.79 Å². The van der Waals surface area contributed by atoms with Crippen molar-refractivity contribution in [2.45, 2.75) is 32.6 Å². The molecule has 2 aromatic heterocycles. The Hall–Kier alpha value is -1.65. The zero-order chi connectivity index (χ0) is 10.4. The summed E-state index contributed by atoms with van der Waals surface area (Å²) in [6.45, 7) is 1.99. The molecule has 1 N–H and O–H groups in total. The van der Waals surface area contributed by atoms with Crippen LogP contribution < -0.4 is 5.69 Å². The number of hydrogen-bond donors (Lipinski definition) is 1. The molecule has 1 aliphatic carbocycles. The van der Waals surface area contributed by atoms with Crippen molar-refractivity contribution in [3.05, 3.63) is 27.4 Å². The van der Waals surface area contributed by atoms with Crippen LogP contribution in [0.15, 0.2) is 4.79 Å². The molecule has 0 radical (unpaired) electrons. The number of hydrogen-bond acceptors (Lipinski definition) is 3. The van der Waals surface area contributed by atoms with Crippen LogP contribution in [0.4, 0.5) is 0 Å². The maximum atomic E-state index is 11.6. The lowest BCUT2D eigenvalue weighted by atomic mass is 9.95. The van der Waals surface area contributed by atoms with Crippen molar-refractivity contribution in [2.24, 2.45) is 0 Å². The Morgan fingerprint density at radius 1 is 1.33 bits per heavy atom. The highest BCUT2D eigenvalue weighted by atomic mass is 16.1. The van der Waals surface area contributed by atoms with Crippen LogP contribution in [0.1, 0.15) is 29.8 Å². The van der Waals surface area contributed by atoms with Crippen molar-refractivity contribution < 1.29 is 0 Å². The second kappa shape index (κ2) is 2.92. The van der Waals surface area contributed by atoms with Gasteiger partial charge >= 0.3 is 5.69 Å². The first-order valence-corrected chi connectivity index (χ1v) is 5.23. The Labute approximate surface area is 86.2 Å². The van der Waals surface area contributed by atoms with Crippen LogP contribution in [-0.4, -0.2) is 19.6 Å². The lowest BCUT2D eigenvalue weighted by Gasteiger charge is -2.17. The van der Waals surface area contributed by atoms with Crippen molar-refractivity contribution in [1.29, 1.82) is 0 Å². The van der Waals surface area contributed by atoms with Gasteiger partial charge in [-0.2, -0.15) is 0 Å². The van der Waals surface area contributed by atoms with Gasteiger partial charge in [-0.3, -0.25) is 0 Å². The molecular weight excluding hydrogens is 192 g/mol. The molecule has 0 unspecified atom stereocenters. The molecule has 0 saturated carbocycles. The molecule has 1 aliphatic rings. The predicted molar refractivity (Wildman–Crippen MR) is 55.0 cm³/mol. The first-order chi connectivity index (χ1) is 7.27. The second-order valence-electron chi connectivity index (χ2n) is 3.99. The lowest BCUT2D eigenvalue weighted by Crippen LogP contribution is -2.19. The first-order valence-electron chi connectivity index (χ1n) is 5.23. The summed E-state index contributed by atoms with van der Waals surface area (Å²) in [6, 6.07) is 0. The van der Waals surface area contributed by atoms with E-state index in [4.69, 9.17) is 0 Å². The molecule has 2 heterocycles. The standard InChI is InChI=1S/C10H12N4O/c1-6-7-4-2-3-5-8(7)14-9(11-6)12-13-10(14)15/h2-5H2,1H3,(H,13,15). The zero-order valence-electron chi connectivity index (χ0n) is 8.58. The summed E-state index contributed by atoms with van der Waals surface area (Å²) in [7, 11) is 0. The van der Waals surface area contributed by atoms with E-state index in [1.54, 1.807) is 4.40 Å². The summed E-state index contributed by atoms with van der Waals surface area (Å²) in [4.78, 5) is 15.9. The third kappa shape index (κ3) is 1.12. The second-order valence-corrected chi connectivity index (χ2v) is 3.99. The molecule has 5 heteroatoms. The van der Waals surface area contributed by atoms with E-state index in [2.05, 4.69) is 15.2 Å². The third-order valence-corrected chi connectivity index (χ3v) is 3.07. The van der Waals surface area contributed by atoms with Crippen LogP contribution in [0.5, 0.6) is 0 Å². The van der Waals surface area contributed by atoms with Crippen molar-refractivity contribution in [2.75, 3.05) is 0 Å². The van der Waals surface area contributed by atoms with E-state index in [1.807, 2.05) is 6.92 Å². The van der Waals surface area contributed by atoms with Gasteiger partial charge in [-0.05, 0) is 38.2 Å². The fraction of sp³-hybridized carbons (Fsp3) is 0.500. The lowest BCUT2D eigenvalue weighted by molar-refractivity contribution is 0.646. The smallest absolute Gasteiger partial charge is 0.246 e. The maximum Gasteiger partial charge on any atom is 0.349 e. The maximum absolute atomic E-state index is 11.6. The zero-order valence-corrected chi connectivity index (χ0v) is 8.58. The Kier molecular flexibility index (Phi) is 1.68. The van der Waals surface area contributed by atoms with Crippen molar-refractivity contribution >= 4 is 5.78 Å². The molecule has 0 saturated heterocycles. The van der Waals surface area contributed by atoms with Crippen LogP contribution in [0.25, 0.3) is 5.78 Å². The number of aromatic nitrogens is 4. The Balaban J connectivity index is 2.47. The molecule has 5 nitrogen and oxygen atoms in total. The fourth-order valence-electron chi connectivity index (χ4n) is 2.35.